The van der Waals surface area contributed by atoms with E-state index in [0.717, 1.165) is 19.3 Å². The average molecular weight is 374 g/mol. The summed E-state index contributed by atoms with van der Waals surface area (Å²) in [5, 5.41) is 11.9. The van der Waals surface area contributed by atoms with Gasteiger partial charge < -0.3 is 10.1 Å². The van der Waals surface area contributed by atoms with Gasteiger partial charge in [-0.2, -0.15) is 5.26 Å². The van der Waals surface area contributed by atoms with Gasteiger partial charge in [-0.05, 0) is 19.3 Å². The van der Waals surface area contributed by atoms with Gasteiger partial charge in [-0.15, -0.1) is 11.8 Å². The van der Waals surface area contributed by atoms with E-state index in [4.69, 9.17) is 4.74 Å². The van der Waals surface area contributed by atoms with E-state index in [9.17, 15) is 23.3 Å². The van der Waals surface area contributed by atoms with E-state index in [1.807, 2.05) is 0 Å². The summed E-state index contributed by atoms with van der Waals surface area (Å²) in [6, 6.07) is 2.17. The first-order valence-electron chi connectivity index (χ1n) is 8.04. The first-order chi connectivity index (χ1) is 11.3. The normalized spacial score (nSPS) is 24.7. The lowest BCUT2D eigenvalue weighted by Crippen LogP contribution is -2.50. The fraction of sp³-hybridized carbons (Fsp3) is 0.800. The lowest BCUT2D eigenvalue weighted by atomic mass is 9.83. The summed E-state index contributed by atoms with van der Waals surface area (Å²) < 4.78 is 27.6. The molecular formula is C15H22N2O5S2. The van der Waals surface area contributed by atoms with Crippen LogP contribution in [0.5, 0.6) is 0 Å². The third kappa shape index (κ3) is 5.67. The molecule has 1 heterocycles. The molecule has 7 nitrogen and oxygen atoms in total. The van der Waals surface area contributed by atoms with Gasteiger partial charge >= 0.3 is 5.97 Å². The van der Waals surface area contributed by atoms with Crippen LogP contribution >= 0.6 is 11.8 Å². The quantitative estimate of drug-likeness (QED) is 0.684. The molecular weight excluding hydrogens is 352 g/mol. The first kappa shape index (κ1) is 19.1. The smallest absolute Gasteiger partial charge is 0.316 e. The number of carbonyl (C=O) groups is 2. The molecule has 9 heteroatoms. The third-order valence-electron chi connectivity index (χ3n) is 4.29. The van der Waals surface area contributed by atoms with Crippen LogP contribution < -0.4 is 5.32 Å². The van der Waals surface area contributed by atoms with Gasteiger partial charge in [0.2, 0.25) is 0 Å². The second kappa shape index (κ2) is 8.21. The minimum Gasteiger partial charge on any atom is -0.455 e. The second-order valence-electron chi connectivity index (χ2n) is 6.30. The maximum absolute atomic E-state index is 11.9. The zero-order valence-electron chi connectivity index (χ0n) is 13.5. The van der Waals surface area contributed by atoms with Gasteiger partial charge in [-0.1, -0.05) is 19.3 Å². The van der Waals surface area contributed by atoms with Gasteiger partial charge in [0.25, 0.3) is 5.91 Å². The van der Waals surface area contributed by atoms with Crippen LogP contribution in [0, 0.1) is 11.3 Å². The largest absolute Gasteiger partial charge is 0.455 e. The molecule has 0 aromatic rings. The van der Waals surface area contributed by atoms with Crippen LogP contribution in [0.15, 0.2) is 0 Å². The summed E-state index contributed by atoms with van der Waals surface area (Å²) in [5.74, 6) is -0.736. The Kier molecular flexibility index (Phi) is 6.52. The van der Waals surface area contributed by atoms with E-state index in [1.165, 1.54) is 11.8 Å². The van der Waals surface area contributed by atoms with Gasteiger partial charge in [0.1, 0.15) is 5.54 Å². The van der Waals surface area contributed by atoms with Crippen LogP contribution in [-0.2, 0) is 24.2 Å². The zero-order chi connectivity index (χ0) is 17.6. The molecule has 0 bridgehead atoms. The topological polar surface area (TPSA) is 113 Å². The fourth-order valence-corrected chi connectivity index (χ4v) is 6.43. The van der Waals surface area contributed by atoms with Crippen molar-refractivity contribution in [1.82, 2.24) is 5.32 Å². The number of nitrogens with zero attached hydrogens (tertiary/aromatic N) is 1. The summed E-state index contributed by atoms with van der Waals surface area (Å²) in [5.41, 5.74) is -0.839. The van der Waals surface area contributed by atoms with E-state index in [-0.39, 0.29) is 22.5 Å². The number of carbonyl (C=O) groups excluding carboxylic acids is 2. The van der Waals surface area contributed by atoms with Crippen molar-refractivity contribution in [2.24, 2.45) is 0 Å². The summed E-state index contributed by atoms with van der Waals surface area (Å²) >= 11 is 1.25. The Morgan fingerprint density at radius 3 is 2.58 bits per heavy atom. The Morgan fingerprint density at radius 2 is 2.00 bits per heavy atom. The third-order valence-corrected chi connectivity index (χ3v) is 7.55. The Balaban J connectivity index is 1.68. The van der Waals surface area contributed by atoms with Crippen LogP contribution in [0.4, 0.5) is 0 Å². The standard InChI is InChI=1S/C15H22N2O5S2/c16-11-15(5-2-1-3-6-15)17-13(18)8-22-14(19)9-23-12-4-7-24(20,21)10-12/h12H,1-10H2,(H,17,18)/t12-/m1/s1. The minimum absolute atomic E-state index is 0.0247. The number of sulfone groups is 1. The monoisotopic (exact) mass is 374 g/mol. The van der Waals surface area contributed by atoms with Crippen LogP contribution in [0.1, 0.15) is 38.5 Å². The highest BCUT2D eigenvalue weighted by molar-refractivity contribution is 8.02. The van der Waals surface area contributed by atoms with Crippen molar-refractivity contribution in [3.8, 4) is 6.07 Å². The lowest BCUT2D eigenvalue weighted by Gasteiger charge is -2.31. The fourth-order valence-electron chi connectivity index (χ4n) is 2.99. The Labute approximate surface area is 146 Å². The summed E-state index contributed by atoms with van der Waals surface area (Å²) in [6.45, 7) is -0.411. The molecule has 134 valence electrons. The molecule has 0 aromatic heterocycles. The van der Waals surface area contributed by atoms with E-state index in [2.05, 4.69) is 11.4 Å². The maximum atomic E-state index is 11.9. The first-order valence-corrected chi connectivity index (χ1v) is 10.9. The van der Waals surface area contributed by atoms with Gasteiger partial charge in [0.15, 0.2) is 16.4 Å². The number of nitriles is 1. The summed E-state index contributed by atoms with van der Waals surface area (Å²) in [6.07, 6.45) is 4.64. The Morgan fingerprint density at radius 1 is 1.29 bits per heavy atom. The van der Waals surface area contributed by atoms with E-state index < -0.39 is 33.9 Å². The highest BCUT2D eigenvalue weighted by Crippen LogP contribution is 2.27. The van der Waals surface area contributed by atoms with Crippen molar-refractivity contribution in [2.45, 2.75) is 49.3 Å². The highest BCUT2D eigenvalue weighted by Gasteiger charge is 2.34. The molecule has 0 radical (unpaired) electrons. The number of rotatable bonds is 6. The van der Waals surface area contributed by atoms with Crippen molar-refractivity contribution in [2.75, 3.05) is 23.9 Å². The van der Waals surface area contributed by atoms with Crippen molar-refractivity contribution in [3.63, 3.8) is 0 Å². The molecule has 2 aliphatic rings. The molecule has 1 saturated carbocycles. The van der Waals surface area contributed by atoms with Gasteiger partial charge in [-0.25, -0.2) is 8.42 Å². The van der Waals surface area contributed by atoms with Gasteiger partial charge in [0, 0.05) is 5.25 Å². The Bertz CT molecular complexity index is 620. The van der Waals surface area contributed by atoms with Crippen molar-refractivity contribution in [1.29, 1.82) is 5.26 Å². The molecule has 24 heavy (non-hydrogen) atoms. The predicted molar refractivity (Wildman–Crippen MR) is 90.0 cm³/mol. The SMILES string of the molecule is N#CC1(NC(=O)COC(=O)CS[C@@H]2CCS(=O)(=O)C2)CCCCC1. The van der Waals surface area contributed by atoms with Gasteiger partial charge in [-0.3, -0.25) is 9.59 Å². The van der Waals surface area contributed by atoms with Crippen molar-refractivity contribution < 1.29 is 22.7 Å². The summed E-state index contributed by atoms with van der Waals surface area (Å²) in [7, 11) is -2.96. The van der Waals surface area contributed by atoms with Crippen LogP contribution in [0.25, 0.3) is 0 Å². The number of thioether (sulfide) groups is 1. The van der Waals surface area contributed by atoms with E-state index >= 15 is 0 Å². The molecule has 1 amide bonds. The van der Waals surface area contributed by atoms with Crippen molar-refractivity contribution >= 4 is 33.5 Å². The lowest BCUT2D eigenvalue weighted by molar-refractivity contribution is -0.146. The number of nitrogens with one attached hydrogen (secondary N) is 1. The number of esters is 1. The number of hydrogen-bond acceptors (Lipinski definition) is 7. The molecule has 1 aliphatic carbocycles. The number of amides is 1. The zero-order valence-corrected chi connectivity index (χ0v) is 15.1. The van der Waals surface area contributed by atoms with Crippen molar-refractivity contribution in [3.05, 3.63) is 0 Å². The second-order valence-corrected chi connectivity index (χ2v) is 9.82. The predicted octanol–water partition coefficient (Wildman–Crippen LogP) is 0.793. The maximum Gasteiger partial charge on any atom is 0.316 e. The summed E-state index contributed by atoms with van der Waals surface area (Å²) in [4.78, 5) is 23.6. The molecule has 2 rings (SSSR count). The van der Waals surface area contributed by atoms with Gasteiger partial charge in [0.05, 0.1) is 23.3 Å². The van der Waals surface area contributed by atoms with Crippen LogP contribution in [0.2, 0.25) is 0 Å². The molecule has 0 aromatic carbocycles. The molecule has 1 aliphatic heterocycles. The minimum atomic E-state index is -2.96. The average Bonchev–Trinajstić information content (AvgIpc) is 2.91. The van der Waals surface area contributed by atoms with Crippen LogP contribution in [0.3, 0.4) is 0 Å². The Hall–Kier alpha value is -1.27. The molecule has 1 atom stereocenters. The van der Waals surface area contributed by atoms with E-state index in [0.29, 0.717) is 19.3 Å². The highest BCUT2D eigenvalue weighted by atomic mass is 32.2. The molecule has 0 unspecified atom stereocenters. The number of ether oxygens (including phenoxy) is 1. The number of hydrogen-bond donors (Lipinski definition) is 1. The molecule has 1 N–H and O–H groups in total. The molecule has 0 spiro atoms. The molecule has 2 fully saturated rings. The molecule has 1 saturated heterocycles. The van der Waals surface area contributed by atoms with E-state index in [1.54, 1.807) is 0 Å². The van der Waals surface area contributed by atoms with Crippen LogP contribution in [-0.4, -0.2) is 54.9 Å².